The van der Waals surface area contributed by atoms with Crippen LogP contribution < -0.4 is 5.32 Å². The van der Waals surface area contributed by atoms with Gasteiger partial charge >= 0.3 is 0 Å². The molecule has 80 valence electrons. The fourth-order valence-corrected chi connectivity index (χ4v) is 1.50. The second-order valence-electron chi connectivity index (χ2n) is 3.06. The lowest BCUT2D eigenvalue weighted by Gasteiger charge is -2.05. The van der Waals surface area contributed by atoms with Crippen LogP contribution in [0.1, 0.15) is 5.56 Å². The van der Waals surface area contributed by atoms with E-state index in [-0.39, 0.29) is 0 Å². The average molecular weight is 250 g/mol. The van der Waals surface area contributed by atoms with Gasteiger partial charge in [0.05, 0.1) is 0 Å². The Labute approximate surface area is 103 Å². The van der Waals surface area contributed by atoms with Gasteiger partial charge in [-0.2, -0.15) is 0 Å². The minimum Gasteiger partial charge on any atom is -0.329 e. The van der Waals surface area contributed by atoms with Crippen molar-refractivity contribution in [1.29, 1.82) is 0 Å². The van der Waals surface area contributed by atoms with Crippen molar-refractivity contribution in [2.24, 2.45) is 0 Å². The molecule has 3 nitrogen and oxygen atoms in total. The first kappa shape index (κ1) is 11.0. The normalized spacial score (nSPS) is 9.81. The van der Waals surface area contributed by atoms with Crippen LogP contribution in [0, 0.1) is 0 Å². The molecule has 1 N–H and O–H groups in total. The van der Waals surface area contributed by atoms with Gasteiger partial charge in [-0.25, -0.2) is 0 Å². The van der Waals surface area contributed by atoms with Gasteiger partial charge in [0.15, 0.2) is 11.0 Å². The molecule has 5 heteroatoms. The van der Waals surface area contributed by atoms with E-state index in [1.165, 1.54) is 0 Å². The number of nitrogens with one attached hydrogen (secondary N) is 1. The Hall–Kier alpha value is -1.52. The molecule has 1 aromatic heterocycles. The van der Waals surface area contributed by atoms with Crippen molar-refractivity contribution in [3.05, 3.63) is 53.2 Å². The number of benzene rings is 1. The van der Waals surface area contributed by atoms with E-state index in [2.05, 4.69) is 15.5 Å². The summed E-state index contributed by atoms with van der Waals surface area (Å²) in [5.41, 5.74) is 0.939. The van der Waals surface area contributed by atoms with Crippen LogP contribution in [0.4, 0.5) is 5.82 Å². The van der Waals surface area contributed by atoms with E-state index in [1.807, 2.05) is 30.3 Å². The minimum atomic E-state index is 0.358. The number of hydrogen-bond donors (Lipinski definition) is 1. The van der Waals surface area contributed by atoms with Crippen molar-refractivity contribution in [2.45, 2.75) is 0 Å². The molecule has 1 heterocycles. The maximum absolute atomic E-state index is 5.63. The van der Waals surface area contributed by atoms with E-state index < -0.39 is 0 Å². The number of thiocarbonyl (C=S) groups is 1. The highest BCUT2D eigenvalue weighted by atomic mass is 35.5. The summed E-state index contributed by atoms with van der Waals surface area (Å²) < 4.78 is 0. The predicted octanol–water partition coefficient (Wildman–Crippen LogP) is 2.92. The van der Waals surface area contributed by atoms with Crippen molar-refractivity contribution in [3.63, 3.8) is 0 Å². The molecule has 0 atom stereocenters. The zero-order valence-electron chi connectivity index (χ0n) is 8.22. The summed E-state index contributed by atoms with van der Waals surface area (Å²) >= 11 is 10.9. The Balaban J connectivity index is 2.11. The molecule has 0 unspecified atom stereocenters. The molecule has 0 aliphatic rings. The fourth-order valence-electron chi connectivity index (χ4n) is 1.16. The van der Waals surface area contributed by atoms with Gasteiger partial charge in [-0.15, -0.1) is 10.2 Å². The van der Waals surface area contributed by atoms with Gasteiger partial charge in [-0.3, -0.25) is 0 Å². The molecular formula is C11H8ClN3S. The Kier molecular flexibility index (Phi) is 3.44. The topological polar surface area (TPSA) is 37.8 Å². The Bertz CT molecular complexity index is 484. The quantitative estimate of drug-likeness (QED) is 0.831. The van der Waals surface area contributed by atoms with Gasteiger partial charge < -0.3 is 5.32 Å². The molecule has 1 aromatic carbocycles. The second-order valence-corrected chi connectivity index (χ2v) is 3.86. The van der Waals surface area contributed by atoms with E-state index in [0.717, 1.165) is 5.56 Å². The van der Waals surface area contributed by atoms with Gasteiger partial charge in [0, 0.05) is 5.56 Å². The third-order valence-electron chi connectivity index (χ3n) is 1.91. The maximum atomic E-state index is 5.63. The standard InChI is InChI=1S/C11H8ClN3S/c12-9-6-7-10(15-14-9)13-11(16)8-4-2-1-3-5-8/h1-7H,(H,13,15,16). The molecule has 16 heavy (non-hydrogen) atoms. The summed E-state index contributed by atoms with van der Waals surface area (Å²) in [6.07, 6.45) is 0. The number of rotatable bonds is 2. The molecule has 0 amide bonds. The van der Waals surface area contributed by atoms with Crippen LogP contribution in [0.25, 0.3) is 0 Å². The highest BCUT2D eigenvalue weighted by Gasteiger charge is 2.01. The van der Waals surface area contributed by atoms with Crippen LogP contribution in [0.15, 0.2) is 42.5 Å². The molecule has 0 saturated carbocycles. The highest BCUT2D eigenvalue weighted by molar-refractivity contribution is 7.81. The van der Waals surface area contributed by atoms with Crippen LogP contribution in [0.5, 0.6) is 0 Å². The molecule has 0 radical (unpaired) electrons. The average Bonchev–Trinajstić information content (AvgIpc) is 2.33. The zero-order valence-corrected chi connectivity index (χ0v) is 9.79. The smallest absolute Gasteiger partial charge is 0.153 e. The predicted molar refractivity (Wildman–Crippen MR) is 68.8 cm³/mol. The lowest BCUT2D eigenvalue weighted by atomic mass is 10.2. The minimum absolute atomic E-state index is 0.358. The van der Waals surface area contributed by atoms with Crippen LogP contribution in [-0.4, -0.2) is 15.2 Å². The van der Waals surface area contributed by atoms with Gasteiger partial charge in [0.2, 0.25) is 0 Å². The second kappa shape index (κ2) is 5.01. The summed E-state index contributed by atoms with van der Waals surface area (Å²) in [4.78, 5) is 0.609. The van der Waals surface area contributed by atoms with Crippen molar-refractivity contribution >= 4 is 34.6 Å². The first-order valence-corrected chi connectivity index (χ1v) is 5.40. The summed E-state index contributed by atoms with van der Waals surface area (Å²) in [6, 6.07) is 13.0. The molecule has 0 aliphatic carbocycles. The van der Waals surface area contributed by atoms with Crippen LogP contribution in [-0.2, 0) is 0 Å². The largest absolute Gasteiger partial charge is 0.329 e. The molecule has 0 bridgehead atoms. The summed E-state index contributed by atoms with van der Waals surface area (Å²) in [7, 11) is 0. The van der Waals surface area contributed by atoms with Gasteiger partial charge in [-0.1, -0.05) is 54.2 Å². The number of aromatic nitrogens is 2. The van der Waals surface area contributed by atoms with E-state index in [9.17, 15) is 0 Å². The number of nitrogens with zero attached hydrogens (tertiary/aromatic N) is 2. The number of anilines is 1. The Morgan fingerprint density at radius 1 is 1.06 bits per heavy atom. The van der Waals surface area contributed by atoms with Crippen molar-refractivity contribution < 1.29 is 0 Å². The first-order chi connectivity index (χ1) is 7.75. The molecule has 2 rings (SSSR count). The zero-order chi connectivity index (χ0) is 11.4. The van der Waals surface area contributed by atoms with Gasteiger partial charge in [0.1, 0.15) is 4.99 Å². The van der Waals surface area contributed by atoms with Crippen molar-refractivity contribution in [2.75, 3.05) is 5.32 Å². The Morgan fingerprint density at radius 3 is 2.44 bits per heavy atom. The monoisotopic (exact) mass is 249 g/mol. The van der Waals surface area contributed by atoms with Crippen molar-refractivity contribution in [1.82, 2.24) is 10.2 Å². The summed E-state index contributed by atoms with van der Waals surface area (Å²) in [5.74, 6) is 0.582. The van der Waals surface area contributed by atoms with Crippen molar-refractivity contribution in [3.8, 4) is 0 Å². The van der Waals surface area contributed by atoms with E-state index >= 15 is 0 Å². The number of halogens is 1. The SMILES string of the molecule is S=C(Nc1ccc(Cl)nn1)c1ccccc1. The fraction of sp³-hybridized carbons (Fsp3) is 0. The summed E-state index contributed by atoms with van der Waals surface area (Å²) in [6.45, 7) is 0. The van der Waals surface area contributed by atoms with E-state index in [1.54, 1.807) is 12.1 Å². The van der Waals surface area contributed by atoms with Crippen LogP contribution in [0.2, 0.25) is 5.15 Å². The lowest BCUT2D eigenvalue weighted by molar-refractivity contribution is 1.04. The molecule has 0 saturated heterocycles. The lowest BCUT2D eigenvalue weighted by Crippen LogP contribution is -2.11. The molecular weight excluding hydrogens is 242 g/mol. The molecule has 0 fully saturated rings. The number of hydrogen-bond acceptors (Lipinski definition) is 3. The van der Waals surface area contributed by atoms with Crippen LogP contribution >= 0.6 is 23.8 Å². The molecule has 2 aromatic rings. The van der Waals surface area contributed by atoms with Gasteiger partial charge in [-0.05, 0) is 12.1 Å². The third-order valence-corrected chi connectivity index (χ3v) is 2.45. The molecule has 0 spiro atoms. The van der Waals surface area contributed by atoms with Gasteiger partial charge in [0.25, 0.3) is 0 Å². The third kappa shape index (κ3) is 2.74. The van der Waals surface area contributed by atoms with Crippen LogP contribution in [0.3, 0.4) is 0 Å². The van der Waals surface area contributed by atoms with E-state index in [0.29, 0.717) is 16.0 Å². The Morgan fingerprint density at radius 2 is 1.81 bits per heavy atom. The molecule has 0 aliphatic heterocycles. The maximum Gasteiger partial charge on any atom is 0.153 e. The van der Waals surface area contributed by atoms with E-state index in [4.69, 9.17) is 23.8 Å². The highest BCUT2D eigenvalue weighted by Crippen LogP contribution is 2.08. The first-order valence-electron chi connectivity index (χ1n) is 4.61. The summed E-state index contributed by atoms with van der Waals surface area (Å²) in [5, 5.41) is 10.9.